The van der Waals surface area contributed by atoms with Gasteiger partial charge < -0.3 is 10.6 Å². The molecule has 0 heterocycles. The molecule has 0 radical (unpaired) electrons. The van der Waals surface area contributed by atoms with Crippen LogP contribution in [0.5, 0.6) is 0 Å². The summed E-state index contributed by atoms with van der Waals surface area (Å²) in [6.07, 6.45) is 5.19. The van der Waals surface area contributed by atoms with E-state index in [2.05, 4.69) is 17.6 Å². The van der Waals surface area contributed by atoms with Crippen LogP contribution in [0.15, 0.2) is 0 Å². The van der Waals surface area contributed by atoms with Crippen molar-refractivity contribution < 1.29 is 4.79 Å². The Morgan fingerprint density at radius 2 is 1.93 bits per heavy atom. The molecule has 1 atom stereocenters. The second-order valence-corrected chi connectivity index (χ2v) is 4.88. The fourth-order valence-electron chi connectivity index (χ4n) is 2.06. The van der Waals surface area contributed by atoms with E-state index >= 15 is 0 Å². The van der Waals surface area contributed by atoms with E-state index in [1.165, 1.54) is 25.7 Å². The number of likely N-dealkylation sites (N-methyl/N-ethyl adjacent to an activating group) is 1. The number of carbonyl (C=O) groups is 1. The summed E-state index contributed by atoms with van der Waals surface area (Å²) < 4.78 is 0. The molecule has 1 unspecified atom stereocenters. The first kappa shape index (κ1) is 12.5. The van der Waals surface area contributed by atoms with Crippen molar-refractivity contribution in [1.29, 1.82) is 0 Å². The first-order valence-corrected chi connectivity index (χ1v) is 6.08. The molecule has 0 aromatic rings. The van der Waals surface area contributed by atoms with E-state index in [0.717, 1.165) is 12.5 Å². The molecule has 0 aromatic heterocycles. The topological polar surface area (TPSA) is 41.1 Å². The van der Waals surface area contributed by atoms with Gasteiger partial charge in [-0.2, -0.15) is 0 Å². The maximum atomic E-state index is 11.5. The van der Waals surface area contributed by atoms with Crippen molar-refractivity contribution in [2.45, 2.75) is 45.6 Å². The minimum absolute atomic E-state index is 0.0764. The van der Waals surface area contributed by atoms with Gasteiger partial charge in [-0.05, 0) is 38.6 Å². The predicted molar refractivity (Wildman–Crippen MR) is 62.7 cm³/mol. The van der Waals surface area contributed by atoms with E-state index in [9.17, 15) is 4.79 Å². The lowest BCUT2D eigenvalue weighted by atomic mass is 9.83. The van der Waals surface area contributed by atoms with E-state index in [4.69, 9.17) is 0 Å². The standard InChI is InChI=1S/C12H24N2O/c1-9-4-6-11(7-5-9)8-14-12(15)10(2)13-3/h9-11,13H,4-8H2,1-3H3,(H,14,15). The van der Waals surface area contributed by atoms with E-state index in [-0.39, 0.29) is 11.9 Å². The Morgan fingerprint density at radius 1 is 1.33 bits per heavy atom. The van der Waals surface area contributed by atoms with Gasteiger partial charge in [0.15, 0.2) is 0 Å². The van der Waals surface area contributed by atoms with Gasteiger partial charge in [-0.25, -0.2) is 0 Å². The average Bonchev–Trinajstić information content (AvgIpc) is 2.26. The molecule has 3 heteroatoms. The van der Waals surface area contributed by atoms with Crippen molar-refractivity contribution in [3.63, 3.8) is 0 Å². The van der Waals surface area contributed by atoms with Gasteiger partial charge in [0.2, 0.25) is 5.91 Å². The lowest BCUT2D eigenvalue weighted by Crippen LogP contribution is -2.42. The van der Waals surface area contributed by atoms with Gasteiger partial charge >= 0.3 is 0 Å². The second-order valence-electron chi connectivity index (χ2n) is 4.88. The minimum Gasteiger partial charge on any atom is -0.354 e. The Morgan fingerprint density at radius 3 is 2.47 bits per heavy atom. The van der Waals surface area contributed by atoms with Crippen molar-refractivity contribution in [3.05, 3.63) is 0 Å². The number of carbonyl (C=O) groups excluding carboxylic acids is 1. The second kappa shape index (κ2) is 6.11. The number of hydrogen-bond acceptors (Lipinski definition) is 2. The van der Waals surface area contributed by atoms with Crippen LogP contribution in [0.25, 0.3) is 0 Å². The third-order valence-electron chi connectivity index (χ3n) is 3.53. The van der Waals surface area contributed by atoms with E-state index < -0.39 is 0 Å². The normalized spacial score (nSPS) is 28.5. The molecule has 1 saturated carbocycles. The van der Waals surface area contributed by atoms with E-state index in [1.807, 2.05) is 14.0 Å². The van der Waals surface area contributed by atoms with Crippen molar-refractivity contribution in [2.24, 2.45) is 11.8 Å². The summed E-state index contributed by atoms with van der Waals surface area (Å²) in [5.41, 5.74) is 0. The summed E-state index contributed by atoms with van der Waals surface area (Å²) in [7, 11) is 1.81. The third kappa shape index (κ3) is 4.20. The lowest BCUT2D eigenvalue weighted by molar-refractivity contribution is -0.122. The molecule has 15 heavy (non-hydrogen) atoms. The molecule has 2 N–H and O–H groups in total. The molecule has 0 saturated heterocycles. The Labute approximate surface area is 93.0 Å². The van der Waals surface area contributed by atoms with Crippen LogP contribution in [0, 0.1) is 11.8 Å². The van der Waals surface area contributed by atoms with Crippen molar-refractivity contribution >= 4 is 5.91 Å². The molecule has 88 valence electrons. The number of nitrogens with one attached hydrogen (secondary N) is 2. The molecule has 0 spiro atoms. The largest absolute Gasteiger partial charge is 0.354 e. The van der Waals surface area contributed by atoms with Crippen molar-refractivity contribution in [3.8, 4) is 0 Å². The Bertz CT molecular complexity index is 198. The fraction of sp³-hybridized carbons (Fsp3) is 0.917. The van der Waals surface area contributed by atoms with Crippen molar-refractivity contribution in [1.82, 2.24) is 10.6 Å². The van der Waals surface area contributed by atoms with Gasteiger partial charge in [0.25, 0.3) is 0 Å². The maximum Gasteiger partial charge on any atom is 0.236 e. The summed E-state index contributed by atoms with van der Waals surface area (Å²) in [6, 6.07) is -0.0764. The van der Waals surface area contributed by atoms with Crippen LogP contribution in [-0.2, 0) is 4.79 Å². The van der Waals surface area contributed by atoms with Crippen molar-refractivity contribution in [2.75, 3.05) is 13.6 Å². The molecule has 1 aliphatic carbocycles. The van der Waals surface area contributed by atoms with Gasteiger partial charge in [0, 0.05) is 6.54 Å². The molecule has 1 amide bonds. The lowest BCUT2D eigenvalue weighted by Gasteiger charge is -2.26. The zero-order chi connectivity index (χ0) is 11.3. The summed E-state index contributed by atoms with van der Waals surface area (Å²) in [6.45, 7) is 5.06. The Kier molecular flexibility index (Phi) is 5.09. The summed E-state index contributed by atoms with van der Waals surface area (Å²) in [5.74, 6) is 1.71. The van der Waals surface area contributed by atoms with E-state index in [1.54, 1.807) is 0 Å². The maximum absolute atomic E-state index is 11.5. The van der Waals surface area contributed by atoms with Crippen LogP contribution in [0.1, 0.15) is 39.5 Å². The highest BCUT2D eigenvalue weighted by molar-refractivity contribution is 5.81. The smallest absolute Gasteiger partial charge is 0.236 e. The molecule has 3 nitrogen and oxygen atoms in total. The van der Waals surface area contributed by atoms with Crippen LogP contribution in [0.2, 0.25) is 0 Å². The number of amides is 1. The van der Waals surface area contributed by atoms with Crippen LogP contribution in [-0.4, -0.2) is 25.5 Å². The summed E-state index contributed by atoms with van der Waals surface area (Å²) in [5, 5.41) is 5.96. The molecule has 0 bridgehead atoms. The number of hydrogen-bond donors (Lipinski definition) is 2. The fourth-order valence-corrected chi connectivity index (χ4v) is 2.06. The molecular weight excluding hydrogens is 188 g/mol. The van der Waals surface area contributed by atoms with Gasteiger partial charge in [0.05, 0.1) is 6.04 Å². The molecule has 1 fully saturated rings. The highest BCUT2D eigenvalue weighted by Gasteiger charge is 2.19. The summed E-state index contributed by atoms with van der Waals surface area (Å²) >= 11 is 0. The molecule has 1 rings (SSSR count). The van der Waals surface area contributed by atoms with Gasteiger partial charge in [-0.3, -0.25) is 4.79 Å². The molecule has 0 aliphatic heterocycles. The number of rotatable bonds is 4. The Hall–Kier alpha value is -0.570. The zero-order valence-corrected chi connectivity index (χ0v) is 10.2. The minimum atomic E-state index is -0.0764. The third-order valence-corrected chi connectivity index (χ3v) is 3.53. The SMILES string of the molecule is CNC(C)C(=O)NCC1CCC(C)CC1. The first-order valence-electron chi connectivity index (χ1n) is 6.08. The molecular formula is C12H24N2O. The van der Waals surface area contributed by atoms with E-state index in [0.29, 0.717) is 5.92 Å². The van der Waals surface area contributed by atoms with Gasteiger partial charge in [0.1, 0.15) is 0 Å². The first-order chi connectivity index (χ1) is 7.13. The van der Waals surface area contributed by atoms with Crippen LogP contribution in [0.3, 0.4) is 0 Å². The average molecular weight is 212 g/mol. The van der Waals surface area contributed by atoms with Crippen LogP contribution < -0.4 is 10.6 Å². The summed E-state index contributed by atoms with van der Waals surface area (Å²) in [4.78, 5) is 11.5. The molecule has 0 aromatic carbocycles. The quantitative estimate of drug-likeness (QED) is 0.742. The zero-order valence-electron chi connectivity index (χ0n) is 10.2. The highest BCUT2D eigenvalue weighted by Crippen LogP contribution is 2.27. The predicted octanol–water partition coefficient (Wildman–Crippen LogP) is 1.54. The monoisotopic (exact) mass is 212 g/mol. The van der Waals surface area contributed by atoms with Gasteiger partial charge in [-0.1, -0.05) is 19.8 Å². The van der Waals surface area contributed by atoms with Crippen LogP contribution >= 0.6 is 0 Å². The van der Waals surface area contributed by atoms with Gasteiger partial charge in [-0.15, -0.1) is 0 Å². The molecule has 1 aliphatic rings. The van der Waals surface area contributed by atoms with Crippen LogP contribution in [0.4, 0.5) is 0 Å². The Balaban J connectivity index is 2.17. The highest BCUT2D eigenvalue weighted by atomic mass is 16.2.